The van der Waals surface area contributed by atoms with Gasteiger partial charge in [0.25, 0.3) is 0 Å². The number of aliphatic carboxylic acids is 1. The summed E-state index contributed by atoms with van der Waals surface area (Å²) in [4.78, 5) is 21.3. The second kappa shape index (κ2) is 6.88. The third-order valence-corrected chi connectivity index (χ3v) is 4.21. The van der Waals surface area contributed by atoms with E-state index in [9.17, 15) is 9.59 Å². The molecule has 1 aliphatic carbocycles. The van der Waals surface area contributed by atoms with Gasteiger partial charge in [-0.3, -0.25) is 9.59 Å². The van der Waals surface area contributed by atoms with E-state index in [1.54, 1.807) is 13.8 Å². The first-order valence-electron chi connectivity index (χ1n) is 6.75. The molecule has 106 valence electrons. The van der Waals surface area contributed by atoms with Gasteiger partial charge in [0.15, 0.2) is 0 Å². The predicted octanol–water partition coefficient (Wildman–Crippen LogP) is 2.74. The van der Waals surface area contributed by atoms with Crippen LogP contribution in [0.15, 0.2) is 0 Å². The van der Waals surface area contributed by atoms with Crippen LogP contribution in [-0.2, 0) is 9.59 Å². The SMILES string of the molecule is CCC1(C(C)=O)CCCC1.CC[C@@](C)(N)C(=O)O. The number of carbonyl (C=O) groups is 2. The Hall–Kier alpha value is -0.900. The fourth-order valence-corrected chi connectivity index (χ4v) is 2.16. The monoisotopic (exact) mass is 257 g/mol. The molecular formula is C14H27NO3. The van der Waals surface area contributed by atoms with Crippen LogP contribution in [0, 0.1) is 5.41 Å². The maximum Gasteiger partial charge on any atom is 0.323 e. The van der Waals surface area contributed by atoms with Gasteiger partial charge in [0.1, 0.15) is 11.3 Å². The van der Waals surface area contributed by atoms with E-state index in [2.05, 4.69) is 6.92 Å². The Kier molecular flexibility index (Phi) is 6.54. The van der Waals surface area contributed by atoms with Crippen LogP contribution in [0.3, 0.4) is 0 Å². The smallest absolute Gasteiger partial charge is 0.323 e. The Morgan fingerprint density at radius 3 is 1.83 bits per heavy atom. The molecule has 1 rings (SSSR count). The van der Waals surface area contributed by atoms with Crippen LogP contribution >= 0.6 is 0 Å². The van der Waals surface area contributed by atoms with E-state index in [-0.39, 0.29) is 5.41 Å². The fraction of sp³-hybridized carbons (Fsp3) is 0.857. The van der Waals surface area contributed by atoms with Gasteiger partial charge >= 0.3 is 5.97 Å². The molecule has 0 aromatic heterocycles. The van der Waals surface area contributed by atoms with Crippen LogP contribution in [0.5, 0.6) is 0 Å². The zero-order chi connectivity index (χ0) is 14.4. The molecule has 0 spiro atoms. The molecule has 0 bridgehead atoms. The van der Waals surface area contributed by atoms with Gasteiger partial charge in [0.2, 0.25) is 0 Å². The molecule has 0 aromatic carbocycles. The maximum atomic E-state index is 11.2. The van der Waals surface area contributed by atoms with Gasteiger partial charge in [-0.25, -0.2) is 0 Å². The minimum absolute atomic E-state index is 0.0972. The summed E-state index contributed by atoms with van der Waals surface area (Å²) in [6.07, 6.45) is 6.29. The summed E-state index contributed by atoms with van der Waals surface area (Å²) in [6.45, 7) is 7.12. The number of carboxylic acid groups (broad SMARTS) is 1. The number of rotatable bonds is 4. The average Bonchev–Trinajstić information content (AvgIpc) is 2.79. The summed E-state index contributed by atoms with van der Waals surface area (Å²) in [6, 6.07) is 0. The van der Waals surface area contributed by atoms with Gasteiger partial charge in [-0.05, 0) is 39.5 Å². The lowest BCUT2D eigenvalue weighted by molar-refractivity contribution is -0.142. The van der Waals surface area contributed by atoms with Crippen molar-refractivity contribution in [3.05, 3.63) is 0 Å². The van der Waals surface area contributed by atoms with E-state index in [0.717, 1.165) is 19.3 Å². The van der Waals surface area contributed by atoms with Gasteiger partial charge in [-0.1, -0.05) is 26.7 Å². The molecule has 3 N–H and O–H groups in total. The largest absolute Gasteiger partial charge is 0.480 e. The molecule has 1 atom stereocenters. The second-order valence-electron chi connectivity index (χ2n) is 5.47. The second-order valence-corrected chi connectivity index (χ2v) is 5.47. The highest BCUT2D eigenvalue weighted by molar-refractivity contribution is 5.82. The molecule has 0 unspecified atom stereocenters. The summed E-state index contributed by atoms with van der Waals surface area (Å²) in [5, 5.41) is 8.32. The van der Waals surface area contributed by atoms with Crippen LogP contribution in [0.1, 0.15) is 66.2 Å². The van der Waals surface area contributed by atoms with Crippen molar-refractivity contribution in [2.24, 2.45) is 11.1 Å². The number of ketones is 1. The van der Waals surface area contributed by atoms with Crippen molar-refractivity contribution in [2.45, 2.75) is 71.8 Å². The van der Waals surface area contributed by atoms with Gasteiger partial charge in [0.05, 0.1) is 0 Å². The molecule has 0 saturated heterocycles. The van der Waals surface area contributed by atoms with Gasteiger partial charge in [-0.2, -0.15) is 0 Å². The van der Waals surface area contributed by atoms with Crippen LogP contribution in [0.4, 0.5) is 0 Å². The van der Waals surface area contributed by atoms with Crippen molar-refractivity contribution in [3.8, 4) is 0 Å². The van der Waals surface area contributed by atoms with Gasteiger partial charge < -0.3 is 10.8 Å². The molecule has 1 aliphatic rings. The topological polar surface area (TPSA) is 80.4 Å². The standard InChI is InChI=1S/C9H16O.C5H11NO2/c1-3-9(8(2)10)6-4-5-7-9;1-3-5(2,6)4(7)8/h3-7H2,1-2H3;3,6H2,1-2H3,(H,7,8)/t;5-/m.1/s1. The van der Waals surface area contributed by atoms with Crippen molar-refractivity contribution in [1.29, 1.82) is 0 Å². The van der Waals surface area contributed by atoms with Crippen LogP contribution in [0.25, 0.3) is 0 Å². The molecule has 0 heterocycles. The lowest BCUT2D eigenvalue weighted by atomic mass is 9.80. The van der Waals surface area contributed by atoms with Crippen LogP contribution in [-0.4, -0.2) is 22.4 Å². The van der Waals surface area contributed by atoms with Crippen LogP contribution < -0.4 is 5.73 Å². The zero-order valence-corrected chi connectivity index (χ0v) is 12.1. The first kappa shape index (κ1) is 17.1. The Labute approximate surface area is 110 Å². The van der Waals surface area contributed by atoms with E-state index in [1.807, 2.05) is 0 Å². The molecule has 4 nitrogen and oxygen atoms in total. The first-order valence-corrected chi connectivity index (χ1v) is 6.75. The summed E-state index contributed by atoms with van der Waals surface area (Å²) in [7, 11) is 0. The van der Waals surface area contributed by atoms with E-state index in [1.165, 1.54) is 19.8 Å². The van der Waals surface area contributed by atoms with E-state index < -0.39 is 11.5 Å². The average molecular weight is 257 g/mol. The van der Waals surface area contributed by atoms with Crippen molar-refractivity contribution in [1.82, 2.24) is 0 Å². The first-order chi connectivity index (χ1) is 8.22. The Morgan fingerprint density at radius 1 is 1.28 bits per heavy atom. The number of hydrogen-bond acceptors (Lipinski definition) is 3. The number of carboxylic acids is 1. The Bertz CT molecular complexity index is 291. The molecule has 1 saturated carbocycles. The van der Waals surface area contributed by atoms with Gasteiger partial charge in [0, 0.05) is 5.41 Å². The molecule has 1 fully saturated rings. The molecule has 18 heavy (non-hydrogen) atoms. The number of hydrogen-bond donors (Lipinski definition) is 2. The van der Waals surface area contributed by atoms with Gasteiger partial charge in [-0.15, -0.1) is 0 Å². The highest BCUT2D eigenvalue weighted by Crippen LogP contribution is 2.41. The Balaban J connectivity index is 0.000000331. The summed E-state index contributed by atoms with van der Waals surface area (Å²) in [5.41, 5.74) is 4.31. The molecule has 0 aliphatic heterocycles. The third kappa shape index (κ3) is 4.41. The summed E-state index contributed by atoms with van der Waals surface area (Å²) < 4.78 is 0. The third-order valence-electron chi connectivity index (χ3n) is 4.21. The lowest BCUT2D eigenvalue weighted by Gasteiger charge is -2.23. The van der Waals surface area contributed by atoms with E-state index >= 15 is 0 Å². The van der Waals surface area contributed by atoms with Crippen molar-refractivity contribution < 1.29 is 14.7 Å². The normalized spacial score (nSPS) is 20.5. The molecule has 0 radical (unpaired) electrons. The number of Topliss-reactive ketones (excluding diaryl/α,β-unsaturated/α-hetero) is 1. The van der Waals surface area contributed by atoms with E-state index in [4.69, 9.17) is 10.8 Å². The lowest BCUT2D eigenvalue weighted by Crippen LogP contribution is -2.43. The fourth-order valence-electron chi connectivity index (χ4n) is 2.16. The highest BCUT2D eigenvalue weighted by atomic mass is 16.4. The summed E-state index contributed by atoms with van der Waals surface area (Å²) in [5.74, 6) is -0.535. The highest BCUT2D eigenvalue weighted by Gasteiger charge is 2.36. The van der Waals surface area contributed by atoms with Crippen LogP contribution in [0.2, 0.25) is 0 Å². The predicted molar refractivity (Wildman–Crippen MR) is 72.4 cm³/mol. The molecule has 0 amide bonds. The number of carbonyl (C=O) groups excluding carboxylic acids is 1. The quantitative estimate of drug-likeness (QED) is 0.811. The Morgan fingerprint density at radius 2 is 1.72 bits per heavy atom. The maximum absolute atomic E-state index is 11.2. The summed E-state index contributed by atoms with van der Waals surface area (Å²) >= 11 is 0. The van der Waals surface area contributed by atoms with Crippen molar-refractivity contribution >= 4 is 11.8 Å². The van der Waals surface area contributed by atoms with Crippen molar-refractivity contribution in [3.63, 3.8) is 0 Å². The molecular weight excluding hydrogens is 230 g/mol. The zero-order valence-electron chi connectivity index (χ0n) is 12.1. The van der Waals surface area contributed by atoms with Crippen molar-refractivity contribution in [2.75, 3.05) is 0 Å². The van der Waals surface area contributed by atoms with E-state index in [0.29, 0.717) is 12.2 Å². The molecule has 4 heteroatoms. The minimum Gasteiger partial charge on any atom is -0.480 e. The number of nitrogens with two attached hydrogens (primary N) is 1. The molecule has 0 aromatic rings. The minimum atomic E-state index is -1.04.